The van der Waals surface area contributed by atoms with Gasteiger partial charge in [0.15, 0.2) is 0 Å². The van der Waals surface area contributed by atoms with Crippen molar-refractivity contribution in [1.29, 1.82) is 0 Å². The molecule has 6 heteroatoms. The Morgan fingerprint density at radius 1 is 1.60 bits per heavy atom. The molecule has 1 saturated carbocycles. The van der Waals surface area contributed by atoms with Gasteiger partial charge >= 0.3 is 0 Å². The summed E-state index contributed by atoms with van der Waals surface area (Å²) in [7, 11) is 0. The van der Waals surface area contributed by atoms with Gasteiger partial charge in [0, 0.05) is 6.54 Å². The fourth-order valence-corrected chi connectivity index (χ4v) is 2.59. The van der Waals surface area contributed by atoms with E-state index in [0.29, 0.717) is 15.4 Å². The summed E-state index contributed by atoms with van der Waals surface area (Å²) in [5.74, 6) is 1.27. The summed E-state index contributed by atoms with van der Waals surface area (Å²) < 4.78 is 0.303. The Morgan fingerprint density at radius 2 is 2.33 bits per heavy atom. The van der Waals surface area contributed by atoms with Crippen LogP contribution in [0.4, 0.5) is 0 Å². The lowest BCUT2D eigenvalue weighted by atomic mass is 9.76. The van der Waals surface area contributed by atoms with E-state index in [4.69, 9.17) is 11.6 Å². The van der Waals surface area contributed by atoms with Gasteiger partial charge in [-0.25, -0.2) is 0 Å². The van der Waals surface area contributed by atoms with Gasteiger partial charge in [0.05, 0.1) is 0 Å². The maximum absolute atomic E-state index is 11.5. The Labute approximate surface area is 97.0 Å². The number of rotatable bonds is 3. The summed E-state index contributed by atoms with van der Waals surface area (Å²) in [6, 6.07) is 0. The maximum atomic E-state index is 11.5. The summed E-state index contributed by atoms with van der Waals surface area (Å²) in [6.45, 7) is 2.96. The number of nitrogens with one attached hydrogen (secondary N) is 1. The summed E-state index contributed by atoms with van der Waals surface area (Å²) >= 11 is 6.69. The molecular weight excluding hydrogens is 234 g/mol. The lowest BCUT2D eigenvalue weighted by Gasteiger charge is -2.32. The van der Waals surface area contributed by atoms with Crippen molar-refractivity contribution >= 4 is 28.8 Å². The summed E-state index contributed by atoms with van der Waals surface area (Å²) in [6.07, 6.45) is 2.41. The standard InChI is InChI=1S/C9H12ClN3OS/c1-5-2-6(3-5)4-11-7(14)8-12-13-9(10)15-8/h5-6H,2-4H2,1H3,(H,11,14). The van der Waals surface area contributed by atoms with Crippen LogP contribution in [0.3, 0.4) is 0 Å². The molecule has 0 aliphatic heterocycles. The third-order valence-electron chi connectivity index (χ3n) is 2.62. The zero-order chi connectivity index (χ0) is 10.8. The molecule has 0 radical (unpaired) electrons. The number of hydrogen-bond acceptors (Lipinski definition) is 4. The first-order chi connectivity index (χ1) is 7.15. The Hall–Kier alpha value is -0.680. The predicted octanol–water partition coefficient (Wildman–Crippen LogP) is 1.97. The fourth-order valence-electron chi connectivity index (χ4n) is 1.85. The zero-order valence-corrected chi connectivity index (χ0v) is 9.94. The minimum Gasteiger partial charge on any atom is -0.350 e. The molecule has 4 nitrogen and oxygen atoms in total. The van der Waals surface area contributed by atoms with Crippen LogP contribution in [0.2, 0.25) is 4.47 Å². The highest BCUT2D eigenvalue weighted by molar-refractivity contribution is 7.17. The van der Waals surface area contributed by atoms with E-state index in [1.165, 1.54) is 12.8 Å². The van der Waals surface area contributed by atoms with Gasteiger partial charge in [-0.1, -0.05) is 18.3 Å². The van der Waals surface area contributed by atoms with Crippen LogP contribution in [0, 0.1) is 11.8 Å². The molecule has 0 bridgehead atoms. The zero-order valence-electron chi connectivity index (χ0n) is 8.36. The molecule has 1 aliphatic rings. The van der Waals surface area contributed by atoms with Gasteiger partial charge in [0.1, 0.15) is 0 Å². The highest BCUT2D eigenvalue weighted by atomic mass is 35.5. The molecule has 1 aromatic heterocycles. The van der Waals surface area contributed by atoms with Crippen molar-refractivity contribution in [2.75, 3.05) is 6.54 Å². The molecule has 0 spiro atoms. The van der Waals surface area contributed by atoms with Crippen LogP contribution in [0.5, 0.6) is 0 Å². The Bertz CT molecular complexity index is 362. The smallest absolute Gasteiger partial charge is 0.282 e. The number of hydrogen-bond donors (Lipinski definition) is 1. The summed E-state index contributed by atoms with van der Waals surface area (Å²) in [5, 5.41) is 10.4. The van der Waals surface area contributed by atoms with E-state index in [1.54, 1.807) is 0 Å². The Balaban J connectivity index is 1.78. The highest BCUT2D eigenvalue weighted by Crippen LogP contribution is 2.32. The number of carbonyl (C=O) groups excluding carboxylic acids is 1. The highest BCUT2D eigenvalue weighted by Gasteiger charge is 2.25. The first kappa shape index (κ1) is 10.8. The van der Waals surface area contributed by atoms with Gasteiger partial charge < -0.3 is 5.32 Å². The molecule has 15 heavy (non-hydrogen) atoms. The van der Waals surface area contributed by atoms with Gasteiger partial charge in [0.2, 0.25) is 9.47 Å². The van der Waals surface area contributed by atoms with Crippen LogP contribution in [0.15, 0.2) is 0 Å². The first-order valence-corrected chi connectivity index (χ1v) is 6.12. The third kappa shape index (κ3) is 2.66. The monoisotopic (exact) mass is 245 g/mol. The predicted molar refractivity (Wildman–Crippen MR) is 59.1 cm³/mol. The SMILES string of the molecule is CC1CC(CNC(=O)c2nnc(Cl)s2)C1. The van der Waals surface area contributed by atoms with Crippen molar-refractivity contribution in [2.45, 2.75) is 19.8 Å². The van der Waals surface area contributed by atoms with E-state index < -0.39 is 0 Å². The Morgan fingerprint density at radius 3 is 2.87 bits per heavy atom. The van der Waals surface area contributed by atoms with E-state index in [-0.39, 0.29) is 5.91 Å². The van der Waals surface area contributed by atoms with E-state index >= 15 is 0 Å². The average molecular weight is 246 g/mol. The molecule has 1 fully saturated rings. The van der Waals surface area contributed by atoms with Crippen LogP contribution in [0.25, 0.3) is 0 Å². The lowest BCUT2D eigenvalue weighted by Crippen LogP contribution is -2.35. The average Bonchev–Trinajstić information content (AvgIpc) is 2.57. The molecule has 0 saturated heterocycles. The second-order valence-electron chi connectivity index (χ2n) is 4.01. The molecule has 0 atom stereocenters. The minimum atomic E-state index is -0.168. The topological polar surface area (TPSA) is 54.9 Å². The number of halogens is 1. The van der Waals surface area contributed by atoms with Crippen molar-refractivity contribution in [3.05, 3.63) is 9.47 Å². The second kappa shape index (κ2) is 4.45. The second-order valence-corrected chi connectivity index (χ2v) is 5.57. The van der Waals surface area contributed by atoms with Crippen LogP contribution in [0.1, 0.15) is 29.6 Å². The molecule has 82 valence electrons. The Kier molecular flexibility index (Phi) is 3.21. The molecule has 1 aromatic rings. The van der Waals surface area contributed by atoms with E-state index in [9.17, 15) is 4.79 Å². The normalized spacial score (nSPS) is 24.7. The molecule has 1 aliphatic carbocycles. The number of carbonyl (C=O) groups is 1. The molecule has 0 aromatic carbocycles. The van der Waals surface area contributed by atoms with Crippen molar-refractivity contribution in [1.82, 2.24) is 15.5 Å². The molecule has 1 heterocycles. The van der Waals surface area contributed by atoms with E-state index in [2.05, 4.69) is 22.4 Å². The van der Waals surface area contributed by atoms with Crippen LogP contribution in [-0.4, -0.2) is 22.6 Å². The maximum Gasteiger partial charge on any atom is 0.282 e. The van der Waals surface area contributed by atoms with Crippen LogP contribution >= 0.6 is 22.9 Å². The largest absolute Gasteiger partial charge is 0.350 e. The molecule has 1 N–H and O–H groups in total. The van der Waals surface area contributed by atoms with Crippen LogP contribution in [-0.2, 0) is 0 Å². The van der Waals surface area contributed by atoms with Crippen molar-refractivity contribution < 1.29 is 4.79 Å². The molecule has 0 unspecified atom stereocenters. The molecular formula is C9H12ClN3OS. The lowest BCUT2D eigenvalue weighted by molar-refractivity contribution is 0.0926. The van der Waals surface area contributed by atoms with Gasteiger partial charge in [-0.05, 0) is 36.3 Å². The van der Waals surface area contributed by atoms with Gasteiger partial charge in [-0.3, -0.25) is 4.79 Å². The quantitative estimate of drug-likeness (QED) is 0.886. The van der Waals surface area contributed by atoms with Crippen LogP contribution < -0.4 is 5.32 Å². The first-order valence-electron chi connectivity index (χ1n) is 4.92. The van der Waals surface area contributed by atoms with Gasteiger partial charge in [-0.2, -0.15) is 0 Å². The molecule has 2 rings (SSSR count). The molecule has 1 amide bonds. The van der Waals surface area contributed by atoms with Crippen molar-refractivity contribution in [3.63, 3.8) is 0 Å². The summed E-state index contributed by atoms with van der Waals surface area (Å²) in [5.41, 5.74) is 0. The third-order valence-corrected chi connectivity index (χ3v) is 3.63. The fraction of sp³-hybridized carbons (Fsp3) is 0.667. The van der Waals surface area contributed by atoms with E-state index in [0.717, 1.165) is 23.8 Å². The number of aromatic nitrogens is 2. The number of amides is 1. The van der Waals surface area contributed by atoms with Gasteiger partial charge in [0.25, 0.3) is 5.91 Å². The van der Waals surface area contributed by atoms with E-state index in [1.807, 2.05) is 0 Å². The minimum absolute atomic E-state index is 0.168. The van der Waals surface area contributed by atoms with Crippen molar-refractivity contribution in [2.24, 2.45) is 11.8 Å². The summed E-state index contributed by atoms with van der Waals surface area (Å²) in [4.78, 5) is 11.5. The number of nitrogens with zero attached hydrogens (tertiary/aromatic N) is 2. The van der Waals surface area contributed by atoms with Crippen molar-refractivity contribution in [3.8, 4) is 0 Å². The van der Waals surface area contributed by atoms with Gasteiger partial charge in [-0.15, -0.1) is 10.2 Å².